The van der Waals surface area contributed by atoms with Gasteiger partial charge in [0.2, 0.25) is 0 Å². The highest BCUT2D eigenvalue weighted by Crippen LogP contribution is 2.60. The number of phenolic OH excluding ortho intramolecular Hbond substituents is 1. The lowest BCUT2D eigenvalue weighted by atomic mass is 9.53. The molecule has 2 heterocycles. The normalized spacial score (nSPS) is 39.7. The van der Waals surface area contributed by atoms with Gasteiger partial charge in [-0.2, -0.15) is 0 Å². The van der Waals surface area contributed by atoms with E-state index in [0.717, 1.165) is 11.1 Å². The first-order valence-corrected chi connectivity index (χ1v) is 7.90. The number of aliphatic hydroxyl groups is 1. The van der Waals surface area contributed by atoms with Crippen molar-refractivity contribution in [3.05, 3.63) is 23.3 Å². The maximum Gasteiger partial charge on any atom is 0.174 e. The minimum Gasteiger partial charge on any atom is -0.504 e. The van der Waals surface area contributed by atoms with Gasteiger partial charge in [-0.3, -0.25) is 4.79 Å². The Hall–Kier alpha value is -1.59. The van der Waals surface area contributed by atoms with Crippen LogP contribution in [0.5, 0.6) is 11.5 Å². The first kappa shape index (κ1) is 14.0. The van der Waals surface area contributed by atoms with Crippen molar-refractivity contribution < 1.29 is 19.7 Å². The van der Waals surface area contributed by atoms with Crippen LogP contribution in [0, 0.1) is 6.92 Å². The van der Waals surface area contributed by atoms with Gasteiger partial charge in [-0.1, -0.05) is 6.07 Å². The molecule has 1 spiro atoms. The fraction of sp³-hybridized carbons (Fsp3) is 0.588. The summed E-state index contributed by atoms with van der Waals surface area (Å²) in [6.45, 7) is 4.63. The van der Waals surface area contributed by atoms with Gasteiger partial charge in [-0.05, 0) is 44.9 Å². The number of piperidine rings is 1. The van der Waals surface area contributed by atoms with E-state index in [2.05, 4.69) is 5.32 Å². The lowest BCUT2D eigenvalue weighted by molar-refractivity contribution is -0.162. The molecule has 118 valence electrons. The second-order valence-electron chi connectivity index (χ2n) is 6.89. The molecule has 4 atom stereocenters. The summed E-state index contributed by atoms with van der Waals surface area (Å²) in [6.07, 6.45) is 0.663. The third kappa shape index (κ3) is 1.39. The molecule has 3 N–H and O–H groups in total. The van der Waals surface area contributed by atoms with Crippen LogP contribution in [0.4, 0.5) is 0 Å². The Morgan fingerprint density at radius 3 is 2.91 bits per heavy atom. The summed E-state index contributed by atoms with van der Waals surface area (Å²) in [7, 11) is 0. The number of hydrogen-bond donors (Lipinski definition) is 3. The molecule has 3 aliphatic rings. The summed E-state index contributed by atoms with van der Waals surface area (Å²) in [5, 5.41) is 25.0. The number of carbonyl (C=O) groups is 1. The number of carbonyl (C=O) groups excluding carboxylic acids is 1. The van der Waals surface area contributed by atoms with E-state index in [0.29, 0.717) is 31.6 Å². The van der Waals surface area contributed by atoms with E-state index in [1.807, 2.05) is 19.9 Å². The highest BCUT2D eigenvalue weighted by Gasteiger charge is 2.69. The summed E-state index contributed by atoms with van der Waals surface area (Å²) in [5.41, 5.74) is -0.0300. The van der Waals surface area contributed by atoms with Crippen LogP contribution in [0.2, 0.25) is 0 Å². The summed E-state index contributed by atoms with van der Waals surface area (Å²) in [6, 6.07) is 3.30. The maximum atomic E-state index is 12.5. The summed E-state index contributed by atoms with van der Waals surface area (Å²) >= 11 is 0. The molecule has 0 amide bonds. The van der Waals surface area contributed by atoms with Crippen molar-refractivity contribution in [3.63, 3.8) is 0 Å². The monoisotopic (exact) mass is 303 g/mol. The zero-order valence-corrected chi connectivity index (χ0v) is 12.8. The Balaban J connectivity index is 2.04. The highest BCUT2D eigenvalue weighted by molar-refractivity contribution is 5.89. The zero-order chi connectivity index (χ0) is 15.7. The van der Waals surface area contributed by atoms with Crippen molar-refractivity contribution in [3.8, 4) is 11.5 Å². The van der Waals surface area contributed by atoms with Gasteiger partial charge in [0.05, 0.1) is 11.0 Å². The molecule has 1 aromatic carbocycles. The summed E-state index contributed by atoms with van der Waals surface area (Å²) in [5.74, 6) is 0.451. The van der Waals surface area contributed by atoms with Crippen molar-refractivity contribution in [2.45, 2.75) is 56.3 Å². The first-order valence-electron chi connectivity index (χ1n) is 7.90. The Labute approximate surface area is 129 Å². The molecule has 1 saturated heterocycles. The van der Waals surface area contributed by atoms with E-state index in [1.165, 1.54) is 0 Å². The number of fused-ring (bicyclic) bond motifs is 1. The quantitative estimate of drug-likeness (QED) is 0.671. The van der Waals surface area contributed by atoms with Crippen LogP contribution in [-0.4, -0.2) is 40.3 Å². The van der Waals surface area contributed by atoms with Crippen molar-refractivity contribution >= 4 is 5.78 Å². The van der Waals surface area contributed by atoms with Crippen LogP contribution in [0.3, 0.4) is 0 Å². The Morgan fingerprint density at radius 1 is 1.36 bits per heavy atom. The maximum absolute atomic E-state index is 12.5. The molecule has 2 fully saturated rings. The number of rotatable bonds is 0. The average molecular weight is 303 g/mol. The molecule has 5 heteroatoms. The van der Waals surface area contributed by atoms with Gasteiger partial charge in [0.25, 0.3) is 0 Å². The number of aryl methyl sites for hydroxylation is 1. The smallest absolute Gasteiger partial charge is 0.174 e. The van der Waals surface area contributed by atoms with Gasteiger partial charge in [0, 0.05) is 18.0 Å². The standard InChI is InChI=1S/C17H21NO4/c1-9-3-4-11(19)14-13(9)16-7-8-18-10(2)17(16,21)6-5-12(20)15(16)22-14/h3-4,10,15,18-19,21H,5-8H2,1-2H3/t10-,15+,16+,17-/m1/s1. The van der Waals surface area contributed by atoms with Gasteiger partial charge in [-0.25, -0.2) is 0 Å². The fourth-order valence-electron chi connectivity index (χ4n) is 4.88. The minimum absolute atomic E-state index is 0.0220. The third-order valence-corrected chi connectivity index (χ3v) is 5.98. The predicted octanol–water partition coefficient (Wildman–Crippen LogP) is 1.18. The van der Waals surface area contributed by atoms with Gasteiger partial charge in [0.15, 0.2) is 23.4 Å². The van der Waals surface area contributed by atoms with Gasteiger partial charge in [-0.15, -0.1) is 0 Å². The van der Waals surface area contributed by atoms with Crippen LogP contribution in [-0.2, 0) is 10.2 Å². The first-order chi connectivity index (χ1) is 10.4. The van der Waals surface area contributed by atoms with E-state index in [9.17, 15) is 15.0 Å². The molecule has 22 heavy (non-hydrogen) atoms. The average Bonchev–Trinajstić information content (AvgIpc) is 2.85. The molecule has 1 aromatic rings. The highest BCUT2D eigenvalue weighted by atomic mass is 16.5. The Bertz CT molecular complexity index is 673. The Kier molecular flexibility index (Phi) is 2.70. The topological polar surface area (TPSA) is 78.8 Å². The summed E-state index contributed by atoms with van der Waals surface area (Å²) in [4.78, 5) is 12.5. The minimum atomic E-state index is -1.05. The summed E-state index contributed by atoms with van der Waals surface area (Å²) < 4.78 is 5.92. The van der Waals surface area contributed by atoms with E-state index in [1.54, 1.807) is 6.07 Å². The fourth-order valence-corrected chi connectivity index (χ4v) is 4.88. The number of hydrogen-bond acceptors (Lipinski definition) is 5. The lowest BCUT2D eigenvalue weighted by Crippen LogP contribution is -2.73. The molecular weight excluding hydrogens is 282 g/mol. The van der Waals surface area contributed by atoms with Gasteiger partial charge >= 0.3 is 0 Å². The van der Waals surface area contributed by atoms with Crippen LogP contribution >= 0.6 is 0 Å². The largest absolute Gasteiger partial charge is 0.504 e. The SMILES string of the molecule is Cc1ccc(O)c2c1[C@]13CCN[C@H](C)[C@]1(O)CCC(=O)[C@@H]3O2. The van der Waals surface area contributed by atoms with E-state index in [-0.39, 0.29) is 17.6 Å². The number of benzene rings is 1. The van der Waals surface area contributed by atoms with E-state index in [4.69, 9.17) is 4.74 Å². The second kappa shape index (κ2) is 4.24. The van der Waals surface area contributed by atoms with E-state index < -0.39 is 17.1 Å². The Morgan fingerprint density at radius 2 is 2.14 bits per heavy atom. The molecule has 2 aliphatic heterocycles. The van der Waals surface area contributed by atoms with Crippen LogP contribution < -0.4 is 10.1 Å². The van der Waals surface area contributed by atoms with Crippen molar-refractivity contribution in [1.82, 2.24) is 5.32 Å². The molecule has 0 radical (unpaired) electrons. The van der Waals surface area contributed by atoms with Crippen molar-refractivity contribution in [1.29, 1.82) is 0 Å². The van der Waals surface area contributed by atoms with Crippen molar-refractivity contribution in [2.24, 2.45) is 0 Å². The van der Waals surface area contributed by atoms with Gasteiger partial charge in [0.1, 0.15) is 0 Å². The number of phenols is 1. The van der Waals surface area contributed by atoms with Crippen LogP contribution in [0.25, 0.3) is 0 Å². The molecule has 0 unspecified atom stereocenters. The van der Waals surface area contributed by atoms with E-state index >= 15 is 0 Å². The second-order valence-corrected chi connectivity index (χ2v) is 6.89. The number of nitrogens with one attached hydrogen (secondary N) is 1. The third-order valence-electron chi connectivity index (χ3n) is 5.98. The lowest BCUT2D eigenvalue weighted by Gasteiger charge is -2.56. The molecule has 5 nitrogen and oxygen atoms in total. The molecule has 4 rings (SSSR count). The van der Waals surface area contributed by atoms with Crippen LogP contribution in [0.1, 0.15) is 37.3 Å². The van der Waals surface area contributed by atoms with Crippen LogP contribution in [0.15, 0.2) is 12.1 Å². The number of aromatic hydroxyl groups is 1. The molecule has 0 aromatic heterocycles. The molecule has 1 aliphatic carbocycles. The molecular formula is C17H21NO4. The predicted molar refractivity (Wildman–Crippen MR) is 80.2 cm³/mol. The number of Topliss-reactive ketones (excluding diaryl/α,β-unsaturated/α-hetero) is 1. The van der Waals surface area contributed by atoms with Crippen molar-refractivity contribution in [2.75, 3.05) is 6.54 Å². The zero-order valence-electron chi connectivity index (χ0n) is 12.8. The number of ketones is 1. The molecule has 0 bridgehead atoms. The van der Waals surface area contributed by atoms with Gasteiger partial charge < -0.3 is 20.3 Å². The molecule has 1 saturated carbocycles. The number of ether oxygens (including phenoxy) is 1.